The van der Waals surface area contributed by atoms with Crippen LogP contribution in [-0.4, -0.2) is 68.2 Å². The zero-order chi connectivity index (χ0) is 22.2. The summed E-state index contributed by atoms with van der Waals surface area (Å²) in [5.41, 5.74) is 2.36. The number of nitrogens with zero attached hydrogens (tertiary/aromatic N) is 3. The van der Waals surface area contributed by atoms with Gasteiger partial charge in [0.25, 0.3) is 0 Å². The minimum atomic E-state index is 0.210. The Balaban J connectivity index is 1.38. The molecule has 2 heterocycles. The maximum atomic E-state index is 12.0. The number of anilines is 1. The summed E-state index contributed by atoms with van der Waals surface area (Å²) < 4.78 is 5.61. The van der Waals surface area contributed by atoms with Crippen LogP contribution < -0.4 is 15.5 Å². The van der Waals surface area contributed by atoms with Gasteiger partial charge in [0.2, 0.25) is 5.91 Å². The van der Waals surface area contributed by atoms with Crippen LogP contribution in [-0.2, 0) is 16.1 Å². The molecule has 0 radical (unpaired) electrons. The molecule has 32 heavy (non-hydrogen) atoms. The lowest BCUT2D eigenvalue weighted by Gasteiger charge is -2.48. The number of guanidine groups is 1. The third-order valence-electron chi connectivity index (χ3n) is 7.14. The van der Waals surface area contributed by atoms with Crippen molar-refractivity contribution in [3.63, 3.8) is 0 Å². The molecule has 7 heteroatoms. The van der Waals surface area contributed by atoms with E-state index in [4.69, 9.17) is 9.73 Å². The van der Waals surface area contributed by atoms with Gasteiger partial charge in [-0.1, -0.05) is 31.4 Å². The minimum absolute atomic E-state index is 0.210. The maximum absolute atomic E-state index is 12.0. The van der Waals surface area contributed by atoms with E-state index in [1.165, 1.54) is 32.1 Å². The smallest absolute Gasteiger partial charge is 0.227 e. The Labute approximate surface area is 192 Å². The average Bonchev–Trinajstić information content (AvgIpc) is 3.28. The average molecular weight is 442 g/mol. The van der Waals surface area contributed by atoms with E-state index in [9.17, 15) is 4.79 Å². The summed E-state index contributed by atoms with van der Waals surface area (Å²) >= 11 is 0. The number of amides is 1. The highest BCUT2D eigenvalue weighted by Gasteiger charge is 2.38. The zero-order valence-electron chi connectivity index (χ0n) is 19.6. The van der Waals surface area contributed by atoms with Crippen LogP contribution in [0.4, 0.5) is 5.69 Å². The van der Waals surface area contributed by atoms with Gasteiger partial charge in [-0.25, -0.2) is 4.99 Å². The van der Waals surface area contributed by atoms with Crippen LogP contribution in [0.15, 0.2) is 29.3 Å². The topological polar surface area (TPSA) is 69.2 Å². The molecule has 4 rings (SSSR count). The Morgan fingerprint density at radius 3 is 2.44 bits per heavy atom. The molecule has 0 atom stereocenters. The number of nitrogens with one attached hydrogen (secondary N) is 2. The molecule has 0 spiro atoms. The van der Waals surface area contributed by atoms with Gasteiger partial charge < -0.3 is 20.3 Å². The standard InChI is InChI=1S/C25H39N5O2/c1-2-26-24(27-19-21-8-10-22(11-9-21)30-14-6-7-23(30)31)28-20-25(12-4-3-5-13-25)29-15-17-32-18-16-29/h8-11H,2-7,12-20H2,1H3,(H2,26,27,28). The number of carbonyl (C=O) groups is 1. The molecule has 3 aliphatic rings. The number of aliphatic imine (C=N–C) groups is 1. The van der Waals surface area contributed by atoms with Crippen molar-refractivity contribution in [2.45, 2.75) is 64.0 Å². The van der Waals surface area contributed by atoms with Gasteiger partial charge in [0.15, 0.2) is 5.96 Å². The normalized spacial score (nSPS) is 22.2. The number of rotatable bonds is 7. The van der Waals surface area contributed by atoms with Crippen LogP contribution in [0.3, 0.4) is 0 Å². The van der Waals surface area contributed by atoms with Gasteiger partial charge in [-0.15, -0.1) is 0 Å². The van der Waals surface area contributed by atoms with E-state index in [2.05, 4.69) is 34.6 Å². The monoisotopic (exact) mass is 441 g/mol. The number of morpholine rings is 1. The van der Waals surface area contributed by atoms with Gasteiger partial charge in [-0.2, -0.15) is 0 Å². The second kappa shape index (κ2) is 11.1. The van der Waals surface area contributed by atoms with Gasteiger partial charge in [0.1, 0.15) is 0 Å². The minimum Gasteiger partial charge on any atom is -0.379 e. The van der Waals surface area contributed by atoms with Gasteiger partial charge in [-0.3, -0.25) is 9.69 Å². The lowest BCUT2D eigenvalue weighted by molar-refractivity contribution is -0.117. The van der Waals surface area contributed by atoms with Crippen LogP contribution in [0.25, 0.3) is 0 Å². The van der Waals surface area contributed by atoms with Crippen LogP contribution >= 0.6 is 0 Å². The van der Waals surface area contributed by atoms with E-state index >= 15 is 0 Å². The predicted octanol–water partition coefficient (Wildman–Crippen LogP) is 2.90. The molecule has 1 aromatic rings. The van der Waals surface area contributed by atoms with E-state index in [0.717, 1.165) is 69.6 Å². The van der Waals surface area contributed by atoms with Crippen molar-refractivity contribution >= 4 is 17.6 Å². The Kier molecular flexibility index (Phi) is 8.03. The molecule has 0 bridgehead atoms. The number of carbonyl (C=O) groups excluding carboxylic acids is 1. The van der Waals surface area contributed by atoms with Crippen LogP contribution in [0.1, 0.15) is 57.4 Å². The summed E-state index contributed by atoms with van der Waals surface area (Å²) in [5, 5.41) is 7.08. The molecule has 2 N–H and O–H groups in total. The van der Waals surface area contributed by atoms with Gasteiger partial charge >= 0.3 is 0 Å². The van der Waals surface area contributed by atoms with Gasteiger partial charge in [0, 0.05) is 50.4 Å². The Morgan fingerprint density at radius 1 is 1.03 bits per heavy atom. The SMILES string of the molecule is CCNC(=NCc1ccc(N2CCCC2=O)cc1)NCC1(N2CCOCC2)CCCCC1. The van der Waals surface area contributed by atoms with Crippen molar-refractivity contribution in [2.75, 3.05) is 50.8 Å². The van der Waals surface area contributed by atoms with Crippen LogP contribution in [0.5, 0.6) is 0 Å². The first kappa shape index (κ1) is 23.1. The summed E-state index contributed by atoms with van der Waals surface area (Å²) in [5.74, 6) is 1.11. The van der Waals surface area contributed by atoms with Crippen LogP contribution in [0.2, 0.25) is 0 Å². The first-order valence-corrected chi connectivity index (χ1v) is 12.4. The number of hydrogen-bond donors (Lipinski definition) is 2. The predicted molar refractivity (Wildman–Crippen MR) is 129 cm³/mol. The van der Waals surface area contributed by atoms with Crippen molar-refractivity contribution < 1.29 is 9.53 Å². The number of hydrogen-bond acceptors (Lipinski definition) is 4. The Morgan fingerprint density at radius 2 is 1.78 bits per heavy atom. The van der Waals surface area contributed by atoms with Gasteiger partial charge in [0.05, 0.1) is 19.8 Å². The Hall–Kier alpha value is -2.12. The summed E-state index contributed by atoms with van der Waals surface area (Å²) in [4.78, 5) is 21.4. The van der Waals surface area contributed by atoms with E-state index in [1.54, 1.807) is 0 Å². The molecule has 3 fully saturated rings. The summed E-state index contributed by atoms with van der Waals surface area (Å²) in [6.07, 6.45) is 8.06. The molecular weight excluding hydrogens is 402 g/mol. The quantitative estimate of drug-likeness (QED) is 0.503. The fourth-order valence-corrected chi connectivity index (χ4v) is 5.32. The van der Waals surface area contributed by atoms with Crippen molar-refractivity contribution in [1.82, 2.24) is 15.5 Å². The van der Waals surface area contributed by atoms with E-state index in [0.29, 0.717) is 13.0 Å². The second-order valence-electron chi connectivity index (χ2n) is 9.25. The molecule has 1 aliphatic carbocycles. The summed E-state index contributed by atoms with van der Waals surface area (Å²) in [6.45, 7) is 9.06. The van der Waals surface area contributed by atoms with E-state index in [-0.39, 0.29) is 11.4 Å². The molecular formula is C25H39N5O2. The molecule has 0 unspecified atom stereocenters. The van der Waals surface area contributed by atoms with Crippen LogP contribution in [0, 0.1) is 0 Å². The Bertz CT molecular complexity index is 767. The molecule has 2 saturated heterocycles. The van der Waals surface area contributed by atoms with E-state index < -0.39 is 0 Å². The molecule has 0 aromatic heterocycles. The van der Waals surface area contributed by atoms with Crippen molar-refractivity contribution in [2.24, 2.45) is 4.99 Å². The third kappa shape index (κ3) is 5.62. The molecule has 1 saturated carbocycles. The zero-order valence-corrected chi connectivity index (χ0v) is 19.6. The van der Waals surface area contributed by atoms with Crippen molar-refractivity contribution in [1.29, 1.82) is 0 Å². The fourth-order valence-electron chi connectivity index (χ4n) is 5.32. The van der Waals surface area contributed by atoms with Crippen molar-refractivity contribution in [3.8, 4) is 0 Å². The first-order valence-electron chi connectivity index (χ1n) is 12.4. The largest absolute Gasteiger partial charge is 0.379 e. The van der Waals surface area contributed by atoms with Gasteiger partial charge in [-0.05, 0) is 43.9 Å². The molecule has 7 nitrogen and oxygen atoms in total. The molecule has 176 valence electrons. The maximum Gasteiger partial charge on any atom is 0.227 e. The first-order chi connectivity index (χ1) is 15.7. The molecule has 1 aromatic carbocycles. The summed E-state index contributed by atoms with van der Waals surface area (Å²) in [7, 11) is 0. The highest BCUT2D eigenvalue weighted by atomic mass is 16.5. The molecule has 2 aliphatic heterocycles. The van der Waals surface area contributed by atoms with E-state index in [1.807, 2.05) is 17.0 Å². The number of benzene rings is 1. The highest BCUT2D eigenvalue weighted by Crippen LogP contribution is 2.33. The lowest BCUT2D eigenvalue weighted by Crippen LogP contribution is -2.60. The molecule has 1 amide bonds. The highest BCUT2D eigenvalue weighted by molar-refractivity contribution is 5.95. The second-order valence-corrected chi connectivity index (χ2v) is 9.25. The summed E-state index contributed by atoms with van der Waals surface area (Å²) in [6, 6.07) is 8.27. The third-order valence-corrected chi connectivity index (χ3v) is 7.14. The van der Waals surface area contributed by atoms with Crippen molar-refractivity contribution in [3.05, 3.63) is 29.8 Å². The fraction of sp³-hybridized carbons (Fsp3) is 0.680. The number of ether oxygens (including phenoxy) is 1. The lowest BCUT2D eigenvalue weighted by atomic mass is 9.80.